The highest BCUT2D eigenvalue weighted by Gasteiger charge is 2.31. The van der Waals surface area contributed by atoms with Gasteiger partial charge in [-0.2, -0.15) is 0 Å². The normalized spacial score (nSPS) is 14.2. The molecule has 0 N–H and O–H groups in total. The lowest BCUT2D eigenvalue weighted by Crippen LogP contribution is -2.29. The van der Waals surface area contributed by atoms with E-state index < -0.39 is 0 Å². The summed E-state index contributed by atoms with van der Waals surface area (Å²) >= 11 is 8.29. The van der Waals surface area contributed by atoms with Crippen LogP contribution in [0.15, 0.2) is 42.5 Å². The minimum Gasteiger partial charge on any atom is -0.496 e. The molecule has 1 saturated carbocycles. The third-order valence-electron chi connectivity index (χ3n) is 5.85. The fraction of sp³-hybridized carbons (Fsp3) is 0.346. The molecule has 0 amide bonds. The van der Waals surface area contributed by atoms with E-state index >= 15 is 0 Å². The summed E-state index contributed by atoms with van der Waals surface area (Å²) in [5.74, 6) is 4.41. The quantitative estimate of drug-likeness (QED) is 0.343. The lowest BCUT2D eigenvalue weighted by Gasteiger charge is -2.30. The van der Waals surface area contributed by atoms with E-state index in [-0.39, 0.29) is 6.04 Å². The lowest BCUT2D eigenvalue weighted by molar-refractivity contribution is 0.412. The van der Waals surface area contributed by atoms with Gasteiger partial charge in [0.1, 0.15) is 5.75 Å². The van der Waals surface area contributed by atoms with Gasteiger partial charge in [-0.1, -0.05) is 60.7 Å². The van der Waals surface area contributed by atoms with Crippen LogP contribution in [-0.2, 0) is 0 Å². The number of terminal acetylenes is 1. The average molecular weight is 451 g/mol. The molecule has 1 heterocycles. The Labute approximate surface area is 194 Å². The molecule has 3 nitrogen and oxygen atoms in total. The molecule has 1 aliphatic rings. The summed E-state index contributed by atoms with van der Waals surface area (Å²) in [7, 11) is 1.66. The first-order valence-electron chi connectivity index (χ1n) is 10.6. The van der Waals surface area contributed by atoms with Crippen molar-refractivity contribution in [1.29, 1.82) is 0 Å². The first kappa shape index (κ1) is 21.7. The molecule has 160 valence electrons. The van der Waals surface area contributed by atoms with Crippen molar-refractivity contribution in [3.63, 3.8) is 0 Å². The molecule has 3 aromatic rings. The van der Waals surface area contributed by atoms with E-state index in [0.717, 1.165) is 44.9 Å². The number of benzene rings is 2. The number of thiazole rings is 1. The zero-order chi connectivity index (χ0) is 22.0. The van der Waals surface area contributed by atoms with E-state index in [0.29, 0.717) is 11.6 Å². The number of methoxy groups -OCH3 is 1. The van der Waals surface area contributed by atoms with Crippen LogP contribution in [0.25, 0.3) is 11.3 Å². The van der Waals surface area contributed by atoms with Gasteiger partial charge in [0.05, 0.1) is 30.4 Å². The molecule has 0 radical (unpaired) electrons. The molecule has 1 atom stereocenters. The van der Waals surface area contributed by atoms with Crippen molar-refractivity contribution in [2.75, 3.05) is 18.6 Å². The molecule has 5 heteroatoms. The summed E-state index contributed by atoms with van der Waals surface area (Å²) in [4.78, 5) is 8.47. The number of aryl methyl sites for hydroxylation is 2. The van der Waals surface area contributed by atoms with E-state index in [4.69, 9.17) is 27.7 Å². The summed E-state index contributed by atoms with van der Waals surface area (Å²) in [5.41, 5.74) is 4.17. The zero-order valence-corrected chi connectivity index (χ0v) is 19.8. The van der Waals surface area contributed by atoms with Gasteiger partial charge in [0.2, 0.25) is 0 Å². The molecule has 2 aromatic carbocycles. The molecular formula is C26H27ClN2OS. The van der Waals surface area contributed by atoms with Crippen molar-refractivity contribution in [2.45, 2.75) is 39.2 Å². The fourth-order valence-electron chi connectivity index (χ4n) is 4.02. The largest absolute Gasteiger partial charge is 0.496 e. The van der Waals surface area contributed by atoms with Crippen LogP contribution in [0.1, 0.15) is 41.3 Å². The Morgan fingerprint density at radius 1 is 1.26 bits per heavy atom. The average Bonchev–Trinajstić information content (AvgIpc) is 3.52. The minimum absolute atomic E-state index is 0.219. The predicted molar refractivity (Wildman–Crippen MR) is 131 cm³/mol. The summed E-state index contributed by atoms with van der Waals surface area (Å²) in [6, 6.07) is 14.8. The van der Waals surface area contributed by atoms with Crippen LogP contribution in [0, 0.1) is 32.1 Å². The number of rotatable bonds is 8. The second kappa shape index (κ2) is 9.34. The van der Waals surface area contributed by atoms with E-state index in [1.54, 1.807) is 18.4 Å². The molecule has 31 heavy (non-hydrogen) atoms. The molecule has 1 aromatic heterocycles. The van der Waals surface area contributed by atoms with Crippen molar-refractivity contribution in [3.05, 3.63) is 63.5 Å². The van der Waals surface area contributed by atoms with Crippen LogP contribution in [0.5, 0.6) is 5.75 Å². The van der Waals surface area contributed by atoms with E-state index in [9.17, 15) is 0 Å². The number of hydrogen-bond donors (Lipinski definition) is 0. The topological polar surface area (TPSA) is 25.4 Å². The van der Waals surface area contributed by atoms with Crippen LogP contribution in [0.3, 0.4) is 0 Å². The third-order valence-corrected chi connectivity index (χ3v) is 7.17. The van der Waals surface area contributed by atoms with Gasteiger partial charge in [-0.15, -0.1) is 17.8 Å². The Kier molecular flexibility index (Phi) is 6.55. The second-order valence-corrected chi connectivity index (χ2v) is 9.73. The summed E-state index contributed by atoms with van der Waals surface area (Å²) in [6.45, 7) is 4.64. The molecular weight excluding hydrogens is 424 g/mol. The third kappa shape index (κ3) is 4.74. The Hall–Kier alpha value is -2.48. The Balaban J connectivity index is 1.75. The fourth-order valence-corrected chi connectivity index (χ4v) is 5.23. The van der Waals surface area contributed by atoms with Crippen LogP contribution in [0.4, 0.5) is 5.13 Å². The van der Waals surface area contributed by atoms with Crippen LogP contribution in [-0.4, -0.2) is 18.6 Å². The standard InChI is InChI=1S/C26H27ClN2OS/c1-5-13-29(23(15-19-11-12-19)20-9-7-6-8-10-20)26-28-25(18(3)31-26)21-14-17(2)24(30-4)16-22(21)27/h1,6-10,14,16,19,23H,11-13,15H2,2-4H3/t23-/m0/s1. The zero-order valence-electron chi connectivity index (χ0n) is 18.2. The Morgan fingerprint density at radius 3 is 2.65 bits per heavy atom. The highest BCUT2D eigenvalue weighted by Crippen LogP contribution is 2.44. The van der Waals surface area contributed by atoms with Gasteiger partial charge in [0.25, 0.3) is 0 Å². The lowest BCUT2D eigenvalue weighted by atomic mass is 9.99. The van der Waals surface area contributed by atoms with E-state index in [1.165, 1.54) is 18.4 Å². The first-order valence-corrected chi connectivity index (χ1v) is 11.8. The SMILES string of the molecule is C#CCN(c1nc(-c2cc(C)c(OC)cc2Cl)c(C)s1)[C@@H](CC1CC1)c1ccccc1. The van der Waals surface area contributed by atoms with Crippen molar-refractivity contribution in [3.8, 4) is 29.4 Å². The maximum Gasteiger partial charge on any atom is 0.187 e. The predicted octanol–water partition coefficient (Wildman–Crippen LogP) is 7.07. The molecule has 0 aliphatic heterocycles. The Bertz CT molecular complexity index is 1100. The molecule has 1 fully saturated rings. The van der Waals surface area contributed by atoms with Gasteiger partial charge in [-0.25, -0.2) is 4.98 Å². The minimum atomic E-state index is 0.219. The van der Waals surface area contributed by atoms with Crippen molar-refractivity contribution in [2.24, 2.45) is 5.92 Å². The van der Waals surface area contributed by atoms with Gasteiger partial charge in [0, 0.05) is 10.4 Å². The van der Waals surface area contributed by atoms with Gasteiger partial charge >= 0.3 is 0 Å². The molecule has 0 bridgehead atoms. The summed E-state index contributed by atoms with van der Waals surface area (Å²) in [6.07, 6.45) is 9.51. The molecule has 0 saturated heterocycles. The van der Waals surface area contributed by atoms with E-state index in [2.05, 4.69) is 54.1 Å². The number of hydrogen-bond acceptors (Lipinski definition) is 4. The van der Waals surface area contributed by atoms with Crippen LogP contribution >= 0.6 is 22.9 Å². The molecule has 0 spiro atoms. The summed E-state index contributed by atoms with van der Waals surface area (Å²) < 4.78 is 5.41. The molecule has 1 aliphatic carbocycles. The van der Waals surface area contributed by atoms with E-state index in [1.807, 2.05) is 13.0 Å². The van der Waals surface area contributed by atoms with Crippen molar-refractivity contribution >= 4 is 28.1 Å². The molecule has 4 rings (SSSR count). The van der Waals surface area contributed by atoms with Gasteiger partial charge < -0.3 is 9.64 Å². The van der Waals surface area contributed by atoms with Crippen molar-refractivity contribution < 1.29 is 4.74 Å². The van der Waals surface area contributed by atoms with Gasteiger partial charge in [-0.05, 0) is 49.4 Å². The number of aromatic nitrogens is 1. The number of anilines is 1. The Morgan fingerprint density at radius 2 is 2.00 bits per heavy atom. The monoisotopic (exact) mass is 450 g/mol. The van der Waals surface area contributed by atoms with Gasteiger partial charge in [0.15, 0.2) is 5.13 Å². The van der Waals surface area contributed by atoms with Crippen molar-refractivity contribution in [1.82, 2.24) is 4.98 Å². The highest BCUT2D eigenvalue weighted by atomic mass is 35.5. The number of halogens is 1. The molecule has 0 unspecified atom stereocenters. The van der Waals surface area contributed by atoms with Gasteiger partial charge in [-0.3, -0.25) is 0 Å². The maximum atomic E-state index is 6.61. The van der Waals surface area contributed by atoms with Crippen LogP contribution in [0.2, 0.25) is 5.02 Å². The first-order chi connectivity index (χ1) is 15.0. The van der Waals surface area contributed by atoms with Crippen LogP contribution < -0.4 is 9.64 Å². The summed E-state index contributed by atoms with van der Waals surface area (Å²) in [5, 5.41) is 1.59. The maximum absolute atomic E-state index is 6.61. The number of nitrogens with zero attached hydrogens (tertiary/aromatic N) is 2. The second-order valence-electron chi connectivity index (χ2n) is 8.14. The number of ether oxygens (including phenoxy) is 1. The smallest absolute Gasteiger partial charge is 0.187 e. The highest BCUT2D eigenvalue weighted by molar-refractivity contribution is 7.16.